The minimum atomic E-state index is -0.497. The van der Waals surface area contributed by atoms with Crippen LogP contribution in [0.2, 0.25) is 0 Å². The predicted molar refractivity (Wildman–Crippen MR) is 90.5 cm³/mol. The molecule has 0 spiro atoms. The Morgan fingerprint density at radius 1 is 1.36 bits per heavy atom. The number of carbonyl (C=O) groups is 1. The van der Waals surface area contributed by atoms with E-state index in [0.29, 0.717) is 11.7 Å². The Labute approximate surface area is 147 Å². The lowest BCUT2D eigenvalue weighted by molar-refractivity contribution is -0.157. The van der Waals surface area contributed by atoms with Crippen LogP contribution in [0.4, 0.5) is 0 Å². The third-order valence-electron chi connectivity index (χ3n) is 4.34. The Balaban J connectivity index is 1.84. The van der Waals surface area contributed by atoms with Crippen LogP contribution in [0.3, 0.4) is 0 Å². The highest BCUT2D eigenvalue weighted by Gasteiger charge is 2.40. The molecule has 134 valence electrons. The van der Waals surface area contributed by atoms with Crippen molar-refractivity contribution in [1.29, 1.82) is 0 Å². The molecule has 7 nitrogen and oxygen atoms in total. The number of ether oxygens (including phenoxy) is 1. The number of aryl methyl sites for hydroxylation is 1. The molecule has 3 rings (SSSR count). The zero-order valence-corrected chi connectivity index (χ0v) is 15.1. The van der Waals surface area contributed by atoms with Crippen molar-refractivity contribution < 1.29 is 14.1 Å². The van der Waals surface area contributed by atoms with Crippen LogP contribution in [0.25, 0.3) is 0 Å². The molecule has 0 N–H and O–H groups in total. The second kappa shape index (κ2) is 6.92. The van der Waals surface area contributed by atoms with Crippen molar-refractivity contribution in [2.45, 2.75) is 45.8 Å². The lowest BCUT2D eigenvalue weighted by Crippen LogP contribution is -2.43. The van der Waals surface area contributed by atoms with Gasteiger partial charge in [0.15, 0.2) is 11.9 Å². The highest BCUT2D eigenvalue weighted by molar-refractivity contribution is 5.78. The molecule has 2 atom stereocenters. The fourth-order valence-corrected chi connectivity index (χ4v) is 2.84. The van der Waals surface area contributed by atoms with Crippen LogP contribution in [0, 0.1) is 5.41 Å². The molecule has 1 aliphatic rings. The van der Waals surface area contributed by atoms with Crippen LogP contribution in [-0.4, -0.2) is 39.6 Å². The fourth-order valence-electron chi connectivity index (χ4n) is 2.84. The van der Waals surface area contributed by atoms with Gasteiger partial charge in [-0.1, -0.05) is 32.0 Å². The van der Waals surface area contributed by atoms with Gasteiger partial charge in [-0.2, -0.15) is 4.98 Å². The number of pyridine rings is 1. The Morgan fingerprint density at radius 2 is 2.16 bits per heavy atom. The van der Waals surface area contributed by atoms with Gasteiger partial charge in [0.1, 0.15) is 6.61 Å². The molecule has 2 aromatic heterocycles. The first kappa shape index (κ1) is 17.5. The molecule has 0 saturated carbocycles. The minimum absolute atomic E-state index is 0.00235. The van der Waals surface area contributed by atoms with Gasteiger partial charge in [0.05, 0.1) is 6.04 Å². The lowest BCUT2D eigenvalue weighted by Gasteiger charge is -2.37. The highest BCUT2D eigenvalue weighted by Crippen LogP contribution is 2.38. The first-order chi connectivity index (χ1) is 11.8. The van der Waals surface area contributed by atoms with Gasteiger partial charge in [0, 0.05) is 25.9 Å². The minimum Gasteiger partial charge on any atom is -0.356 e. The topological polar surface area (TPSA) is 81.4 Å². The van der Waals surface area contributed by atoms with E-state index in [1.54, 1.807) is 24.3 Å². The SMILES string of the molecule is CN1C(=O)CO[C@H](c2nc(CCC(C)(C)C)no2)[C@H]1c1cccnc1. The second-order valence-corrected chi connectivity index (χ2v) is 7.58. The van der Waals surface area contributed by atoms with Crippen molar-refractivity contribution in [1.82, 2.24) is 20.0 Å². The van der Waals surface area contributed by atoms with E-state index in [9.17, 15) is 4.79 Å². The summed E-state index contributed by atoms with van der Waals surface area (Å²) in [5.74, 6) is 0.979. The quantitative estimate of drug-likeness (QED) is 0.848. The summed E-state index contributed by atoms with van der Waals surface area (Å²) in [4.78, 5) is 22.4. The molecule has 3 heterocycles. The number of nitrogens with zero attached hydrogens (tertiary/aromatic N) is 4. The summed E-state index contributed by atoms with van der Waals surface area (Å²) in [5.41, 5.74) is 1.07. The van der Waals surface area contributed by atoms with Crippen LogP contribution in [-0.2, 0) is 16.0 Å². The van der Waals surface area contributed by atoms with Gasteiger partial charge in [0.25, 0.3) is 5.89 Å². The van der Waals surface area contributed by atoms with Gasteiger partial charge in [-0.15, -0.1) is 0 Å². The van der Waals surface area contributed by atoms with Crippen LogP contribution in [0.1, 0.15) is 56.6 Å². The highest BCUT2D eigenvalue weighted by atomic mass is 16.5. The second-order valence-electron chi connectivity index (χ2n) is 7.58. The molecular weight excluding hydrogens is 320 g/mol. The summed E-state index contributed by atoms with van der Waals surface area (Å²) in [6, 6.07) is 3.41. The van der Waals surface area contributed by atoms with Gasteiger partial charge in [0.2, 0.25) is 5.91 Å². The van der Waals surface area contributed by atoms with Crippen molar-refractivity contribution in [2.24, 2.45) is 5.41 Å². The molecule has 1 fully saturated rings. The van der Waals surface area contributed by atoms with Crippen LogP contribution < -0.4 is 0 Å². The molecule has 1 aliphatic heterocycles. The molecule has 0 unspecified atom stereocenters. The number of hydrogen-bond acceptors (Lipinski definition) is 6. The summed E-state index contributed by atoms with van der Waals surface area (Å²) < 4.78 is 11.2. The summed E-state index contributed by atoms with van der Waals surface area (Å²) >= 11 is 0. The van der Waals surface area contributed by atoms with Crippen LogP contribution >= 0.6 is 0 Å². The monoisotopic (exact) mass is 344 g/mol. The number of amides is 1. The maximum Gasteiger partial charge on any atom is 0.258 e. The molecule has 0 radical (unpaired) electrons. The first-order valence-electron chi connectivity index (χ1n) is 8.45. The number of hydrogen-bond donors (Lipinski definition) is 0. The zero-order valence-electron chi connectivity index (χ0n) is 15.1. The lowest BCUT2D eigenvalue weighted by atomic mass is 9.90. The molecule has 0 bridgehead atoms. The van der Waals surface area contributed by atoms with E-state index in [-0.39, 0.29) is 24.0 Å². The Kier molecular flexibility index (Phi) is 4.85. The molecule has 2 aromatic rings. The first-order valence-corrected chi connectivity index (χ1v) is 8.45. The zero-order chi connectivity index (χ0) is 18.0. The maximum atomic E-state index is 12.1. The molecule has 25 heavy (non-hydrogen) atoms. The summed E-state index contributed by atoms with van der Waals surface area (Å²) in [6.07, 6.45) is 4.63. The summed E-state index contributed by atoms with van der Waals surface area (Å²) in [6.45, 7) is 6.53. The molecule has 0 aromatic carbocycles. The third-order valence-corrected chi connectivity index (χ3v) is 4.34. The van der Waals surface area contributed by atoms with E-state index in [1.807, 2.05) is 12.1 Å². The largest absolute Gasteiger partial charge is 0.356 e. The van der Waals surface area contributed by atoms with Crippen LogP contribution in [0.15, 0.2) is 29.0 Å². The average Bonchev–Trinajstić information content (AvgIpc) is 3.04. The summed E-state index contributed by atoms with van der Waals surface area (Å²) in [7, 11) is 1.76. The average molecular weight is 344 g/mol. The number of rotatable bonds is 4. The molecule has 1 saturated heterocycles. The third kappa shape index (κ3) is 4.04. The van der Waals surface area contributed by atoms with E-state index in [4.69, 9.17) is 9.26 Å². The number of likely N-dealkylation sites (N-methyl/N-ethyl adjacent to an activating group) is 1. The Hall–Kier alpha value is -2.28. The fraction of sp³-hybridized carbons (Fsp3) is 0.556. The van der Waals surface area contributed by atoms with Crippen molar-refractivity contribution >= 4 is 5.91 Å². The van der Waals surface area contributed by atoms with Crippen molar-refractivity contribution in [3.05, 3.63) is 41.8 Å². The van der Waals surface area contributed by atoms with Gasteiger partial charge < -0.3 is 14.2 Å². The van der Waals surface area contributed by atoms with Crippen LogP contribution in [0.5, 0.6) is 0 Å². The Bertz CT molecular complexity index is 723. The van der Waals surface area contributed by atoms with Gasteiger partial charge >= 0.3 is 0 Å². The molecule has 0 aliphatic carbocycles. The van der Waals surface area contributed by atoms with E-state index in [2.05, 4.69) is 35.9 Å². The molecular formula is C18H24N4O3. The predicted octanol–water partition coefficient (Wildman–Crippen LogP) is 2.71. The van der Waals surface area contributed by atoms with E-state index >= 15 is 0 Å². The van der Waals surface area contributed by atoms with Gasteiger partial charge in [-0.3, -0.25) is 9.78 Å². The maximum absolute atomic E-state index is 12.1. The number of morpholine rings is 1. The van der Waals surface area contributed by atoms with Crippen molar-refractivity contribution in [3.8, 4) is 0 Å². The standard InChI is InChI=1S/C18H24N4O3/c1-18(2,3)8-7-13-20-17(25-21-13)16-15(12-6-5-9-19-10-12)22(4)14(23)11-24-16/h5-6,9-10,15-16H,7-8,11H2,1-4H3/t15-,16+/m1/s1. The number of carbonyl (C=O) groups excluding carboxylic acids is 1. The normalized spacial score (nSPS) is 21.6. The van der Waals surface area contributed by atoms with E-state index in [1.165, 1.54) is 0 Å². The van der Waals surface area contributed by atoms with Crippen molar-refractivity contribution in [3.63, 3.8) is 0 Å². The van der Waals surface area contributed by atoms with E-state index in [0.717, 1.165) is 18.4 Å². The number of aromatic nitrogens is 3. The smallest absolute Gasteiger partial charge is 0.258 e. The Morgan fingerprint density at radius 3 is 2.84 bits per heavy atom. The van der Waals surface area contributed by atoms with Gasteiger partial charge in [-0.25, -0.2) is 0 Å². The van der Waals surface area contributed by atoms with Gasteiger partial charge in [-0.05, 0) is 23.5 Å². The summed E-state index contributed by atoms with van der Waals surface area (Å²) in [5, 5.41) is 4.08. The molecule has 1 amide bonds. The van der Waals surface area contributed by atoms with Crippen molar-refractivity contribution in [2.75, 3.05) is 13.7 Å². The van der Waals surface area contributed by atoms with E-state index < -0.39 is 6.10 Å². The molecule has 7 heteroatoms.